The fraction of sp³-hybridized carbons (Fsp3) is 0.0952. The number of nitrogens with zero attached hydrogens (tertiary/aromatic N) is 2. The zero-order chi connectivity index (χ0) is 21.1. The van der Waals surface area contributed by atoms with Gasteiger partial charge in [-0.1, -0.05) is 6.07 Å². The number of aliphatic carboxylic acids is 1. The number of dihydropyridines is 1. The van der Waals surface area contributed by atoms with Crippen LogP contribution < -0.4 is 20.7 Å². The molecule has 1 aromatic heterocycles. The van der Waals surface area contributed by atoms with Crippen molar-refractivity contribution in [3.63, 3.8) is 0 Å². The first-order valence-electron chi connectivity index (χ1n) is 9.13. The van der Waals surface area contributed by atoms with Crippen LogP contribution >= 0.6 is 0 Å². The van der Waals surface area contributed by atoms with Crippen LogP contribution in [0.25, 0.3) is 10.9 Å². The van der Waals surface area contributed by atoms with Gasteiger partial charge in [-0.05, 0) is 42.5 Å². The van der Waals surface area contributed by atoms with Gasteiger partial charge >= 0.3 is 12.0 Å². The number of carbonyl (C=O) groups is 2. The maximum atomic E-state index is 12.4. The number of hydrogen-bond donors (Lipinski definition) is 4. The molecule has 152 valence electrons. The topological polar surface area (TPSA) is 118 Å². The van der Waals surface area contributed by atoms with E-state index in [0.717, 1.165) is 10.9 Å². The maximum Gasteiger partial charge on any atom is 0.330 e. The number of hydrogen-bond acceptors (Lipinski definition) is 5. The zero-order valence-corrected chi connectivity index (χ0v) is 16.0. The predicted molar refractivity (Wildman–Crippen MR) is 112 cm³/mol. The van der Waals surface area contributed by atoms with Crippen molar-refractivity contribution in [1.82, 2.24) is 15.1 Å². The average Bonchev–Trinajstić information content (AvgIpc) is 3.08. The van der Waals surface area contributed by atoms with Gasteiger partial charge in [-0.2, -0.15) is 5.10 Å². The highest BCUT2D eigenvalue weighted by atomic mass is 16.5. The molecular formula is C21H19N5O4. The first kappa shape index (κ1) is 19.1. The van der Waals surface area contributed by atoms with Crippen molar-refractivity contribution in [3.05, 3.63) is 72.8 Å². The molecule has 9 heteroatoms. The lowest BCUT2D eigenvalue weighted by Gasteiger charge is -2.16. The molecule has 4 rings (SSSR count). The first-order chi connectivity index (χ1) is 14.5. The number of fused-ring (bicyclic) bond motifs is 1. The standard InChI is InChI=1S/C21H19N5O4/c1-26-19-6-5-15(9-13(19)12-23-26)25-21(29)24-14-3-2-4-16(10-14)30-17-7-8-22-18(11-17)20(27)28/h2-12,18,22H,1H3,(H,27,28)(H2,24,25,29). The molecule has 30 heavy (non-hydrogen) atoms. The summed E-state index contributed by atoms with van der Waals surface area (Å²) in [5, 5.41) is 22.4. The summed E-state index contributed by atoms with van der Waals surface area (Å²) in [5.41, 5.74) is 2.14. The average molecular weight is 405 g/mol. The van der Waals surface area contributed by atoms with Gasteiger partial charge in [-0.15, -0.1) is 0 Å². The van der Waals surface area contributed by atoms with E-state index in [0.29, 0.717) is 22.9 Å². The van der Waals surface area contributed by atoms with E-state index in [2.05, 4.69) is 21.0 Å². The molecule has 2 heterocycles. The summed E-state index contributed by atoms with van der Waals surface area (Å²) in [6.45, 7) is 0. The zero-order valence-electron chi connectivity index (χ0n) is 16.0. The second-order valence-electron chi connectivity index (χ2n) is 6.64. The van der Waals surface area contributed by atoms with Crippen LogP contribution in [0.1, 0.15) is 0 Å². The number of ether oxygens (including phenoxy) is 1. The predicted octanol–water partition coefficient (Wildman–Crippen LogP) is 3.05. The van der Waals surface area contributed by atoms with Crippen LogP contribution in [0, 0.1) is 0 Å². The van der Waals surface area contributed by atoms with E-state index in [-0.39, 0.29) is 0 Å². The Labute approximate surface area is 171 Å². The van der Waals surface area contributed by atoms with Crippen molar-refractivity contribution >= 4 is 34.3 Å². The maximum absolute atomic E-state index is 12.4. The van der Waals surface area contributed by atoms with Crippen LogP contribution in [0.15, 0.2) is 72.8 Å². The quantitative estimate of drug-likeness (QED) is 0.518. The monoisotopic (exact) mass is 405 g/mol. The lowest BCUT2D eigenvalue weighted by atomic mass is 10.2. The van der Waals surface area contributed by atoms with Crippen molar-refractivity contribution in [2.45, 2.75) is 6.04 Å². The second-order valence-corrected chi connectivity index (χ2v) is 6.64. The summed E-state index contributed by atoms with van der Waals surface area (Å²) >= 11 is 0. The molecule has 2 amide bonds. The number of benzene rings is 2. The third-order valence-corrected chi connectivity index (χ3v) is 4.45. The fourth-order valence-corrected chi connectivity index (χ4v) is 3.02. The van der Waals surface area contributed by atoms with Crippen LogP contribution in [0.3, 0.4) is 0 Å². The smallest absolute Gasteiger partial charge is 0.330 e. The van der Waals surface area contributed by atoms with Crippen molar-refractivity contribution in [3.8, 4) is 5.75 Å². The number of allylic oxidation sites excluding steroid dienone is 1. The summed E-state index contributed by atoms with van der Waals surface area (Å²) < 4.78 is 7.48. The summed E-state index contributed by atoms with van der Waals surface area (Å²) in [6, 6.07) is 11.1. The van der Waals surface area contributed by atoms with Gasteiger partial charge in [0, 0.05) is 36.1 Å². The Morgan fingerprint density at radius 3 is 2.77 bits per heavy atom. The number of amides is 2. The van der Waals surface area contributed by atoms with Crippen molar-refractivity contribution in [2.24, 2.45) is 7.05 Å². The van der Waals surface area contributed by atoms with Gasteiger partial charge < -0.3 is 25.8 Å². The van der Waals surface area contributed by atoms with E-state index < -0.39 is 18.0 Å². The first-order valence-corrected chi connectivity index (χ1v) is 9.13. The van der Waals surface area contributed by atoms with Gasteiger partial charge in [-0.25, -0.2) is 9.59 Å². The van der Waals surface area contributed by atoms with Gasteiger partial charge in [-0.3, -0.25) is 4.68 Å². The minimum absolute atomic E-state index is 0.396. The fourth-order valence-electron chi connectivity index (χ4n) is 3.02. The van der Waals surface area contributed by atoms with Gasteiger partial charge in [0.1, 0.15) is 17.6 Å². The van der Waals surface area contributed by atoms with E-state index in [4.69, 9.17) is 9.84 Å². The number of anilines is 2. The Kier molecular flexibility index (Phi) is 5.08. The number of urea groups is 1. The van der Waals surface area contributed by atoms with Crippen molar-refractivity contribution in [1.29, 1.82) is 0 Å². The van der Waals surface area contributed by atoms with Crippen LogP contribution in [0.2, 0.25) is 0 Å². The molecule has 1 aliphatic rings. The SMILES string of the molecule is Cn1ncc2cc(NC(=O)Nc3cccc(OC4=CC(C(=O)O)NC=C4)c3)ccc21. The normalized spacial score (nSPS) is 15.2. The summed E-state index contributed by atoms with van der Waals surface area (Å²) in [5.74, 6) is -0.143. The molecule has 2 aromatic carbocycles. The van der Waals surface area contributed by atoms with Crippen LogP contribution in [-0.2, 0) is 11.8 Å². The molecule has 1 atom stereocenters. The number of rotatable bonds is 5. The minimum atomic E-state index is -1.00. The molecule has 0 aliphatic carbocycles. The van der Waals surface area contributed by atoms with Gasteiger partial charge in [0.15, 0.2) is 0 Å². The summed E-state index contributed by atoms with van der Waals surface area (Å²) in [7, 11) is 1.86. The number of carbonyl (C=O) groups excluding carboxylic acids is 1. The van der Waals surface area contributed by atoms with Crippen molar-refractivity contribution in [2.75, 3.05) is 10.6 Å². The number of carboxylic acid groups (broad SMARTS) is 1. The van der Waals surface area contributed by atoms with Gasteiger partial charge in [0.05, 0.1) is 11.7 Å². The number of aromatic nitrogens is 2. The highest BCUT2D eigenvalue weighted by molar-refractivity contribution is 6.01. The third-order valence-electron chi connectivity index (χ3n) is 4.45. The molecule has 0 spiro atoms. The lowest BCUT2D eigenvalue weighted by molar-refractivity contribution is -0.137. The molecule has 3 aromatic rings. The molecule has 0 radical (unpaired) electrons. The molecule has 4 N–H and O–H groups in total. The number of carboxylic acids is 1. The van der Waals surface area contributed by atoms with E-state index in [1.165, 1.54) is 12.3 Å². The van der Waals surface area contributed by atoms with Crippen LogP contribution in [0.4, 0.5) is 16.2 Å². The molecule has 1 unspecified atom stereocenters. The van der Waals surface area contributed by atoms with E-state index >= 15 is 0 Å². The van der Waals surface area contributed by atoms with Crippen molar-refractivity contribution < 1.29 is 19.4 Å². The molecule has 0 saturated carbocycles. The Morgan fingerprint density at radius 2 is 1.97 bits per heavy atom. The number of aryl methyl sites for hydroxylation is 1. The highest BCUT2D eigenvalue weighted by Crippen LogP contribution is 2.22. The Morgan fingerprint density at radius 1 is 1.17 bits per heavy atom. The van der Waals surface area contributed by atoms with Crippen LogP contribution in [-0.4, -0.2) is 32.9 Å². The van der Waals surface area contributed by atoms with E-state index in [1.807, 2.05) is 19.2 Å². The Bertz CT molecular complexity index is 1180. The molecule has 0 bridgehead atoms. The lowest BCUT2D eigenvalue weighted by Crippen LogP contribution is -2.33. The number of nitrogens with one attached hydrogen (secondary N) is 3. The molecular weight excluding hydrogens is 386 g/mol. The molecule has 9 nitrogen and oxygen atoms in total. The largest absolute Gasteiger partial charge is 0.479 e. The summed E-state index contributed by atoms with van der Waals surface area (Å²) in [6.07, 6.45) is 6.34. The van der Waals surface area contributed by atoms with Gasteiger partial charge in [0.2, 0.25) is 0 Å². The van der Waals surface area contributed by atoms with Crippen LogP contribution in [0.5, 0.6) is 5.75 Å². The Hall–Kier alpha value is -4.27. The van der Waals surface area contributed by atoms with E-state index in [9.17, 15) is 9.59 Å². The second kappa shape index (κ2) is 8.00. The van der Waals surface area contributed by atoms with Gasteiger partial charge in [0.25, 0.3) is 0 Å². The Balaban J connectivity index is 1.41. The van der Waals surface area contributed by atoms with E-state index in [1.54, 1.807) is 47.3 Å². The minimum Gasteiger partial charge on any atom is -0.479 e. The summed E-state index contributed by atoms with van der Waals surface area (Å²) in [4.78, 5) is 23.5. The third kappa shape index (κ3) is 4.25. The molecule has 1 aliphatic heterocycles. The molecule has 0 fully saturated rings. The highest BCUT2D eigenvalue weighted by Gasteiger charge is 2.17. The molecule has 0 saturated heterocycles.